The minimum atomic E-state index is -4.29. The molecule has 2 unspecified atom stereocenters. The maximum Gasteiger partial charge on any atom is 0.472 e. The van der Waals surface area contributed by atoms with Gasteiger partial charge in [-0.3, -0.25) is 13.8 Å². The molecule has 0 saturated carbocycles. The number of ether oxygens (including phenoxy) is 2. The van der Waals surface area contributed by atoms with Crippen LogP contribution >= 0.6 is 7.82 Å². The monoisotopic (exact) mass is 832 g/mol. The summed E-state index contributed by atoms with van der Waals surface area (Å²) in [6, 6.07) is 0. The summed E-state index contributed by atoms with van der Waals surface area (Å²) in [5.41, 5.74) is 5.37. The summed E-state index contributed by atoms with van der Waals surface area (Å²) in [6.45, 7) is 4.70. The topological polar surface area (TPSA) is 117 Å². The second-order valence-corrected chi connectivity index (χ2v) is 16.3. The standard InChI is InChI=1S/C49H86NO7P/c1-3-5-7-9-11-13-15-17-19-20-21-22-23-24-25-26-27-28-29-30-32-34-36-38-40-42-49(51)57-48(47-56-58(52,53)55-45-43-50)46-54-44-41-39-37-35-33-31-18-16-14-12-10-8-6-4-2/h5,7-8,10-11,13-14,16-17,19,21-22,24-25,48H,3-4,6,9,12,15,18,20,23,26-47,50H2,1-2H3,(H,52,53)/b7-5-,10-8-,13-11-,16-14-,19-17-,22-21-,25-24-. The SMILES string of the molecule is CC/C=C\C/C=C\C/C=C\C/C=C\C/C=C\CCCCCCCCCCCC(=O)OC(COCCCCCCCC/C=C\C/C=C\CCC)COP(=O)(O)OCCN. The molecule has 0 aliphatic carbocycles. The zero-order chi connectivity index (χ0) is 42.3. The van der Waals surface area contributed by atoms with Gasteiger partial charge in [0.2, 0.25) is 0 Å². The molecule has 8 nitrogen and oxygen atoms in total. The Labute approximate surface area is 356 Å². The number of carbonyl (C=O) groups is 1. The Balaban J connectivity index is 4.01. The van der Waals surface area contributed by atoms with E-state index in [0.29, 0.717) is 13.0 Å². The van der Waals surface area contributed by atoms with Crippen LogP contribution in [-0.2, 0) is 27.9 Å². The molecule has 334 valence electrons. The predicted molar refractivity (Wildman–Crippen MR) is 247 cm³/mol. The van der Waals surface area contributed by atoms with Crippen molar-refractivity contribution in [2.24, 2.45) is 5.73 Å². The van der Waals surface area contributed by atoms with Crippen molar-refractivity contribution in [1.82, 2.24) is 0 Å². The van der Waals surface area contributed by atoms with E-state index in [1.807, 2.05) is 0 Å². The van der Waals surface area contributed by atoms with Crippen molar-refractivity contribution in [3.63, 3.8) is 0 Å². The molecule has 0 saturated heterocycles. The summed E-state index contributed by atoms with van der Waals surface area (Å²) in [7, 11) is -4.29. The van der Waals surface area contributed by atoms with Crippen LogP contribution < -0.4 is 5.73 Å². The third kappa shape index (κ3) is 44.8. The van der Waals surface area contributed by atoms with Gasteiger partial charge < -0.3 is 20.1 Å². The molecule has 0 aromatic heterocycles. The summed E-state index contributed by atoms with van der Waals surface area (Å²) in [5.74, 6) is -0.344. The van der Waals surface area contributed by atoms with Crippen LogP contribution in [0.2, 0.25) is 0 Å². The van der Waals surface area contributed by atoms with Gasteiger partial charge in [0.1, 0.15) is 6.10 Å². The fraction of sp³-hybridized carbons (Fsp3) is 0.694. The number of phosphoric ester groups is 1. The first kappa shape index (κ1) is 55.7. The number of unbranched alkanes of at least 4 members (excludes halogenated alkanes) is 16. The lowest BCUT2D eigenvalue weighted by molar-refractivity contribution is -0.154. The van der Waals surface area contributed by atoms with Gasteiger partial charge in [-0.25, -0.2) is 4.57 Å². The van der Waals surface area contributed by atoms with Gasteiger partial charge in [0.15, 0.2) is 0 Å². The molecule has 58 heavy (non-hydrogen) atoms. The molecule has 9 heteroatoms. The first-order valence-corrected chi connectivity index (χ1v) is 24.6. The molecule has 0 amide bonds. The molecular formula is C49H86NO7P. The fourth-order valence-corrected chi connectivity index (χ4v) is 6.71. The largest absolute Gasteiger partial charge is 0.472 e. The second kappa shape index (κ2) is 45.8. The first-order valence-electron chi connectivity index (χ1n) is 23.1. The third-order valence-corrected chi connectivity index (χ3v) is 10.3. The van der Waals surface area contributed by atoms with E-state index >= 15 is 0 Å². The molecule has 0 radical (unpaired) electrons. The van der Waals surface area contributed by atoms with Crippen LogP contribution in [0.25, 0.3) is 0 Å². The van der Waals surface area contributed by atoms with E-state index in [1.54, 1.807) is 0 Å². The van der Waals surface area contributed by atoms with Gasteiger partial charge in [-0.2, -0.15) is 0 Å². The lowest BCUT2D eigenvalue weighted by Crippen LogP contribution is -2.28. The van der Waals surface area contributed by atoms with Crippen LogP contribution in [0.5, 0.6) is 0 Å². The second-order valence-electron chi connectivity index (χ2n) is 14.9. The van der Waals surface area contributed by atoms with Crippen molar-refractivity contribution in [1.29, 1.82) is 0 Å². The predicted octanol–water partition coefficient (Wildman–Crippen LogP) is 14.1. The highest BCUT2D eigenvalue weighted by Gasteiger charge is 2.25. The van der Waals surface area contributed by atoms with Gasteiger partial charge in [0.05, 0.1) is 19.8 Å². The molecule has 0 heterocycles. The van der Waals surface area contributed by atoms with E-state index in [0.717, 1.165) is 96.3 Å². The van der Waals surface area contributed by atoms with E-state index in [2.05, 4.69) is 98.9 Å². The minimum absolute atomic E-state index is 0.0932. The molecule has 0 bridgehead atoms. The molecule has 3 N–H and O–H groups in total. The van der Waals surface area contributed by atoms with Crippen molar-refractivity contribution in [2.45, 2.75) is 187 Å². The summed E-state index contributed by atoms with van der Waals surface area (Å²) in [4.78, 5) is 22.5. The number of nitrogens with two attached hydrogens (primary N) is 1. The molecule has 2 atom stereocenters. The molecule has 0 fully saturated rings. The quantitative estimate of drug-likeness (QED) is 0.0270. The number of rotatable bonds is 43. The number of esters is 1. The van der Waals surface area contributed by atoms with Gasteiger partial charge in [-0.05, 0) is 83.5 Å². The summed E-state index contributed by atoms with van der Waals surface area (Å²) < 4.78 is 33.5. The van der Waals surface area contributed by atoms with Crippen LogP contribution in [0.3, 0.4) is 0 Å². The maximum atomic E-state index is 12.6. The maximum absolute atomic E-state index is 12.6. The highest BCUT2D eigenvalue weighted by atomic mass is 31.2. The Hall–Kier alpha value is -2.32. The smallest absolute Gasteiger partial charge is 0.457 e. The van der Waals surface area contributed by atoms with Crippen LogP contribution in [-0.4, -0.2) is 49.9 Å². The molecule has 0 aromatic carbocycles. The third-order valence-electron chi connectivity index (χ3n) is 9.28. The number of hydrogen-bond donors (Lipinski definition) is 2. The number of hydrogen-bond acceptors (Lipinski definition) is 7. The average Bonchev–Trinajstić information content (AvgIpc) is 3.21. The van der Waals surface area contributed by atoms with E-state index < -0.39 is 13.9 Å². The van der Waals surface area contributed by atoms with Crippen LogP contribution in [0.15, 0.2) is 85.1 Å². The average molecular weight is 832 g/mol. The number of carbonyl (C=O) groups excluding carboxylic acids is 1. The van der Waals surface area contributed by atoms with Crippen LogP contribution in [0, 0.1) is 0 Å². The summed E-state index contributed by atoms with van der Waals surface area (Å²) in [6.07, 6.45) is 58.9. The highest BCUT2D eigenvalue weighted by Crippen LogP contribution is 2.43. The molecule has 0 aliphatic heterocycles. The summed E-state index contributed by atoms with van der Waals surface area (Å²) >= 11 is 0. The van der Waals surface area contributed by atoms with Crippen molar-refractivity contribution < 1.29 is 32.8 Å². The fourth-order valence-electron chi connectivity index (χ4n) is 5.94. The van der Waals surface area contributed by atoms with Crippen LogP contribution in [0.4, 0.5) is 0 Å². The van der Waals surface area contributed by atoms with Crippen LogP contribution in [0.1, 0.15) is 181 Å². The zero-order valence-corrected chi connectivity index (χ0v) is 37.9. The molecule has 0 aromatic rings. The highest BCUT2D eigenvalue weighted by molar-refractivity contribution is 7.47. The van der Waals surface area contributed by atoms with E-state index in [1.165, 1.54) is 64.2 Å². The van der Waals surface area contributed by atoms with Crippen molar-refractivity contribution in [2.75, 3.05) is 33.0 Å². The number of allylic oxidation sites excluding steroid dienone is 14. The van der Waals surface area contributed by atoms with Gasteiger partial charge in [0, 0.05) is 19.6 Å². The summed E-state index contributed by atoms with van der Waals surface area (Å²) in [5, 5.41) is 0. The van der Waals surface area contributed by atoms with Crippen molar-refractivity contribution in [3.8, 4) is 0 Å². The van der Waals surface area contributed by atoms with E-state index in [4.69, 9.17) is 24.3 Å². The Morgan fingerprint density at radius 2 is 0.966 bits per heavy atom. The number of phosphoric acid groups is 1. The zero-order valence-electron chi connectivity index (χ0n) is 37.0. The van der Waals surface area contributed by atoms with Gasteiger partial charge in [0.25, 0.3) is 0 Å². The Morgan fingerprint density at radius 1 is 0.534 bits per heavy atom. The van der Waals surface area contributed by atoms with Gasteiger partial charge >= 0.3 is 13.8 Å². The minimum Gasteiger partial charge on any atom is -0.457 e. The molecular weight excluding hydrogens is 746 g/mol. The lowest BCUT2D eigenvalue weighted by Gasteiger charge is -2.20. The van der Waals surface area contributed by atoms with E-state index in [-0.39, 0.29) is 32.3 Å². The van der Waals surface area contributed by atoms with Gasteiger partial charge in [-0.15, -0.1) is 0 Å². The normalized spacial score (nSPS) is 14.2. The molecule has 0 aliphatic rings. The Kier molecular flexibility index (Phi) is 43.9. The van der Waals surface area contributed by atoms with E-state index in [9.17, 15) is 14.3 Å². The molecule has 0 spiro atoms. The van der Waals surface area contributed by atoms with Crippen molar-refractivity contribution >= 4 is 13.8 Å². The molecule has 0 rings (SSSR count). The van der Waals surface area contributed by atoms with Crippen molar-refractivity contribution in [3.05, 3.63) is 85.1 Å². The van der Waals surface area contributed by atoms with Gasteiger partial charge in [-0.1, -0.05) is 176 Å². The lowest BCUT2D eigenvalue weighted by atomic mass is 10.1. The first-order chi connectivity index (χ1) is 28.4. The Morgan fingerprint density at radius 3 is 1.45 bits per heavy atom. The Bertz CT molecular complexity index is 1160.